The Morgan fingerprint density at radius 1 is 1.20 bits per heavy atom. The molecule has 0 fully saturated rings. The van der Waals surface area contributed by atoms with Crippen LogP contribution in [0.3, 0.4) is 0 Å². The van der Waals surface area contributed by atoms with E-state index in [1.165, 1.54) is 6.20 Å². The standard InChI is InChI=1S/C15H12F2N2O/c1-2-9-3-5-10(6-4-9)12-8-19-13(15(20)18-12)7-11(16)14(19)17/h3-8H,2H2,1H3,(H,18,20). The molecule has 0 saturated heterocycles. The predicted octanol–water partition coefficient (Wildman–Crippen LogP) is 3.14. The molecule has 0 spiro atoms. The molecule has 0 unspecified atom stereocenters. The monoisotopic (exact) mass is 274 g/mol. The zero-order chi connectivity index (χ0) is 14.3. The molecule has 102 valence electrons. The van der Waals surface area contributed by atoms with Crippen LogP contribution in [0, 0.1) is 11.8 Å². The number of aryl methyl sites for hydroxylation is 1. The minimum Gasteiger partial charge on any atom is -0.319 e. The lowest BCUT2D eigenvalue weighted by Crippen LogP contribution is -2.10. The van der Waals surface area contributed by atoms with Gasteiger partial charge in [0.2, 0.25) is 5.95 Å². The van der Waals surface area contributed by atoms with Crippen molar-refractivity contribution in [2.75, 3.05) is 0 Å². The van der Waals surface area contributed by atoms with E-state index in [1.54, 1.807) is 0 Å². The molecule has 0 radical (unpaired) electrons. The Labute approximate surface area is 113 Å². The molecule has 0 amide bonds. The van der Waals surface area contributed by atoms with Gasteiger partial charge in [-0.05, 0) is 17.5 Å². The van der Waals surface area contributed by atoms with Crippen molar-refractivity contribution >= 4 is 5.52 Å². The van der Waals surface area contributed by atoms with E-state index in [1.807, 2.05) is 31.2 Å². The maximum atomic E-state index is 13.6. The lowest BCUT2D eigenvalue weighted by molar-refractivity contribution is 0.481. The molecule has 3 aromatic rings. The molecule has 2 aromatic heterocycles. The fourth-order valence-electron chi connectivity index (χ4n) is 2.19. The predicted molar refractivity (Wildman–Crippen MR) is 72.7 cm³/mol. The van der Waals surface area contributed by atoms with Gasteiger partial charge in [-0.25, -0.2) is 4.39 Å². The maximum Gasteiger partial charge on any atom is 0.272 e. The Kier molecular flexibility index (Phi) is 2.89. The largest absolute Gasteiger partial charge is 0.319 e. The van der Waals surface area contributed by atoms with E-state index in [0.29, 0.717) is 5.69 Å². The number of aromatic amines is 1. The van der Waals surface area contributed by atoms with Gasteiger partial charge in [0, 0.05) is 12.3 Å². The van der Waals surface area contributed by atoms with Gasteiger partial charge in [0.15, 0.2) is 5.82 Å². The van der Waals surface area contributed by atoms with Crippen LogP contribution in [0.4, 0.5) is 8.78 Å². The van der Waals surface area contributed by atoms with E-state index in [2.05, 4.69) is 4.98 Å². The summed E-state index contributed by atoms with van der Waals surface area (Å²) < 4.78 is 27.7. The second kappa shape index (κ2) is 4.59. The van der Waals surface area contributed by atoms with Gasteiger partial charge in [-0.2, -0.15) is 4.39 Å². The SMILES string of the molecule is CCc1ccc(-c2cn3c(F)c(F)cc3c(=O)[nH]2)cc1. The van der Waals surface area contributed by atoms with Gasteiger partial charge in [-0.15, -0.1) is 0 Å². The first-order chi connectivity index (χ1) is 9.60. The highest BCUT2D eigenvalue weighted by Gasteiger charge is 2.13. The van der Waals surface area contributed by atoms with Gasteiger partial charge in [-0.3, -0.25) is 9.20 Å². The minimum atomic E-state index is -1.06. The molecule has 0 aliphatic rings. The van der Waals surface area contributed by atoms with Gasteiger partial charge < -0.3 is 4.98 Å². The number of aromatic nitrogens is 2. The van der Waals surface area contributed by atoms with Crippen molar-refractivity contribution in [1.82, 2.24) is 9.38 Å². The van der Waals surface area contributed by atoms with Crippen molar-refractivity contribution in [3.05, 3.63) is 64.2 Å². The quantitative estimate of drug-likeness (QED) is 0.766. The van der Waals surface area contributed by atoms with Gasteiger partial charge >= 0.3 is 0 Å². The van der Waals surface area contributed by atoms with Crippen molar-refractivity contribution in [3.63, 3.8) is 0 Å². The van der Waals surface area contributed by atoms with Gasteiger partial charge in [0.25, 0.3) is 5.56 Å². The summed E-state index contributed by atoms with van der Waals surface area (Å²) in [5.41, 5.74) is 1.78. The summed E-state index contributed by atoms with van der Waals surface area (Å²) in [6.45, 7) is 2.04. The minimum absolute atomic E-state index is 0.0473. The summed E-state index contributed by atoms with van der Waals surface area (Å²) in [5.74, 6) is -2.09. The highest BCUT2D eigenvalue weighted by atomic mass is 19.2. The topological polar surface area (TPSA) is 37.3 Å². The first kappa shape index (κ1) is 12.6. The Morgan fingerprint density at radius 2 is 1.90 bits per heavy atom. The molecule has 3 nitrogen and oxygen atoms in total. The molecule has 2 heterocycles. The first-order valence-electron chi connectivity index (χ1n) is 6.29. The molecular weight excluding hydrogens is 262 g/mol. The molecule has 0 aliphatic carbocycles. The fraction of sp³-hybridized carbons (Fsp3) is 0.133. The van der Waals surface area contributed by atoms with E-state index in [0.717, 1.165) is 28.0 Å². The Bertz CT molecular complexity index is 831. The van der Waals surface area contributed by atoms with Gasteiger partial charge in [-0.1, -0.05) is 31.2 Å². The molecule has 1 aromatic carbocycles. The molecule has 3 rings (SSSR count). The zero-order valence-corrected chi connectivity index (χ0v) is 10.8. The third-order valence-electron chi connectivity index (χ3n) is 3.34. The third kappa shape index (κ3) is 1.91. The zero-order valence-electron chi connectivity index (χ0n) is 10.8. The number of nitrogens with zero attached hydrogens (tertiary/aromatic N) is 1. The normalized spacial score (nSPS) is 11.2. The molecule has 0 saturated carbocycles. The highest BCUT2D eigenvalue weighted by molar-refractivity contribution is 5.61. The fourth-order valence-corrected chi connectivity index (χ4v) is 2.19. The van der Waals surface area contributed by atoms with Crippen LogP contribution in [-0.2, 0) is 6.42 Å². The van der Waals surface area contributed by atoms with Gasteiger partial charge in [0.05, 0.1) is 5.69 Å². The Morgan fingerprint density at radius 3 is 2.55 bits per heavy atom. The van der Waals surface area contributed by atoms with E-state index >= 15 is 0 Å². The van der Waals surface area contributed by atoms with Crippen molar-refractivity contribution in [3.8, 4) is 11.3 Å². The summed E-state index contributed by atoms with van der Waals surface area (Å²) in [5, 5.41) is 0. The van der Waals surface area contributed by atoms with Crippen molar-refractivity contribution in [2.45, 2.75) is 13.3 Å². The van der Waals surface area contributed by atoms with Crippen LogP contribution in [0.15, 0.2) is 41.3 Å². The molecule has 20 heavy (non-hydrogen) atoms. The summed E-state index contributed by atoms with van der Waals surface area (Å²) in [4.78, 5) is 14.5. The molecule has 1 N–H and O–H groups in total. The van der Waals surface area contributed by atoms with Crippen LogP contribution >= 0.6 is 0 Å². The summed E-state index contributed by atoms with van der Waals surface area (Å²) in [7, 11) is 0. The van der Waals surface area contributed by atoms with E-state index in [4.69, 9.17) is 0 Å². The average Bonchev–Trinajstić information content (AvgIpc) is 2.76. The van der Waals surface area contributed by atoms with Crippen molar-refractivity contribution in [2.24, 2.45) is 0 Å². The highest BCUT2D eigenvalue weighted by Crippen LogP contribution is 2.19. The lowest BCUT2D eigenvalue weighted by Gasteiger charge is -2.04. The summed E-state index contributed by atoms with van der Waals surface area (Å²) in [6.07, 6.45) is 2.30. The molecule has 0 aliphatic heterocycles. The van der Waals surface area contributed by atoms with Crippen LogP contribution < -0.4 is 5.56 Å². The maximum absolute atomic E-state index is 13.6. The number of halogens is 2. The van der Waals surface area contributed by atoms with Crippen LogP contribution in [0.1, 0.15) is 12.5 Å². The Balaban J connectivity index is 2.20. The van der Waals surface area contributed by atoms with E-state index < -0.39 is 17.3 Å². The molecule has 5 heteroatoms. The second-order valence-electron chi connectivity index (χ2n) is 4.59. The first-order valence-corrected chi connectivity index (χ1v) is 6.29. The number of nitrogens with one attached hydrogen (secondary N) is 1. The van der Waals surface area contributed by atoms with E-state index in [-0.39, 0.29) is 5.52 Å². The van der Waals surface area contributed by atoms with E-state index in [9.17, 15) is 13.6 Å². The average molecular weight is 274 g/mol. The summed E-state index contributed by atoms with van der Waals surface area (Å²) in [6, 6.07) is 8.44. The number of hydrogen-bond donors (Lipinski definition) is 1. The third-order valence-corrected chi connectivity index (χ3v) is 3.34. The number of fused-ring (bicyclic) bond motifs is 1. The molecule has 0 atom stereocenters. The summed E-state index contributed by atoms with van der Waals surface area (Å²) >= 11 is 0. The second-order valence-corrected chi connectivity index (χ2v) is 4.59. The number of hydrogen-bond acceptors (Lipinski definition) is 1. The molecular formula is C15H12F2N2O. The van der Waals surface area contributed by atoms with Crippen molar-refractivity contribution in [1.29, 1.82) is 0 Å². The van der Waals surface area contributed by atoms with Crippen LogP contribution in [0.5, 0.6) is 0 Å². The van der Waals surface area contributed by atoms with Crippen molar-refractivity contribution < 1.29 is 8.78 Å². The van der Waals surface area contributed by atoms with Crippen LogP contribution in [-0.4, -0.2) is 9.38 Å². The number of H-pyrrole nitrogens is 1. The van der Waals surface area contributed by atoms with Crippen LogP contribution in [0.2, 0.25) is 0 Å². The molecule has 0 bridgehead atoms. The number of benzene rings is 1. The number of rotatable bonds is 2. The smallest absolute Gasteiger partial charge is 0.272 e. The lowest BCUT2D eigenvalue weighted by atomic mass is 10.1. The van der Waals surface area contributed by atoms with Crippen LogP contribution in [0.25, 0.3) is 16.8 Å². The Hall–Kier alpha value is -2.43. The van der Waals surface area contributed by atoms with Gasteiger partial charge in [0.1, 0.15) is 5.52 Å².